The number of aliphatic hydroxyl groups is 1. The molecule has 2 unspecified atom stereocenters. The van der Waals surface area contributed by atoms with Crippen LogP contribution in [0.1, 0.15) is 24.5 Å². The van der Waals surface area contributed by atoms with E-state index in [1.807, 2.05) is 0 Å². The van der Waals surface area contributed by atoms with Gasteiger partial charge < -0.3 is 19.3 Å². The van der Waals surface area contributed by atoms with Crippen molar-refractivity contribution in [2.75, 3.05) is 27.4 Å². The maximum atomic E-state index is 10.4. The van der Waals surface area contributed by atoms with Gasteiger partial charge in [-0.2, -0.15) is 0 Å². The van der Waals surface area contributed by atoms with E-state index in [1.54, 1.807) is 19.2 Å². The molecular formula is C14H19ClO4. The van der Waals surface area contributed by atoms with Gasteiger partial charge in [-0.05, 0) is 18.9 Å². The predicted octanol–water partition coefficient (Wildman–Crippen LogP) is 2.82. The van der Waals surface area contributed by atoms with E-state index in [1.165, 1.54) is 7.11 Å². The molecular weight excluding hydrogens is 268 g/mol. The average Bonchev–Trinajstić information content (AvgIpc) is 2.47. The van der Waals surface area contributed by atoms with Crippen molar-refractivity contribution in [1.82, 2.24) is 0 Å². The Hall–Kier alpha value is -0.970. The smallest absolute Gasteiger partial charge is 0.179 e. The van der Waals surface area contributed by atoms with Crippen molar-refractivity contribution in [2.24, 2.45) is 5.92 Å². The van der Waals surface area contributed by atoms with Crippen LogP contribution in [0, 0.1) is 5.92 Å². The number of halogens is 1. The Kier molecular flexibility index (Phi) is 4.91. The summed E-state index contributed by atoms with van der Waals surface area (Å²) in [4.78, 5) is 0. The zero-order valence-corrected chi connectivity index (χ0v) is 11.9. The van der Waals surface area contributed by atoms with Crippen LogP contribution in [-0.4, -0.2) is 32.5 Å². The number of hydrogen-bond donors (Lipinski definition) is 1. The van der Waals surface area contributed by atoms with E-state index in [4.69, 9.17) is 25.8 Å². The van der Waals surface area contributed by atoms with Gasteiger partial charge in [0.15, 0.2) is 11.5 Å². The summed E-state index contributed by atoms with van der Waals surface area (Å²) in [6.45, 7) is 1.33. The van der Waals surface area contributed by atoms with Crippen LogP contribution in [0.15, 0.2) is 12.1 Å². The number of benzene rings is 1. The highest BCUT2D eigenvalue weighted by Crippen LogP contribution is 2.42. The first kappa shape index (κ1) is 14.4. The molecule has 0 saturated carbocycles. The molecule has 1 aliphatic rings. The van der Waals surface area contributed by atoms with Crippen LogP contribution in [0.25, 0.3) is 0 Å². The summed E-state index contributed by atoms with van der Waals surface area (Å²) < 4.78 is 15.8. The second-order valence-corrected chi connectivity index (χ2v) is 5.00. The Balaban J connectivity index is 2.28. The van der Waals surface area contributed by atoms with E-state index in [-0.39, 0.29) is 5.92 Å². The molecule has 0 spiro atoms. The van der Waals surface area contributed by atoms with Crippen LogP contribution in [0.5, 0.6) is 11.5 Å². The minimum atomic E-state index is -0.646. The quantitative estimate of drug-likeness (QED) is 0.925. The minimum absolute atomic E-state index is 0.0735. The van der Waals surface area contributed by atoms with Crippen LogP contribution in [-0.2, 0) is 4.74 Å². The van der Waals surface area contributed by atoms with Gasteiger partial charge in [-0.1, -0.05) is 17.7 Å². The summed E-state index contributed by atoms with van der Waals surface area (Å²) in [7, 11) is 3.09. The lowest BCUT2D eigenvalue weighted by atomic mass is 9.91. The van der Waals surface area contributed by atoms with Crippen molar-refractivity contribution in [3.63, 3.8) is 0 Å². The first-order valence-electron chi connectivity index (χ1n) is 6.35. The van der Waals surface area contributed by atoms with E-state index in [0.717, 1.165) is 19.4 Å². The van der Waals surface area contributed by atoms with Crippen LogP contribution >= 0.6 is 11.6 Å². The molecule has 5 heteroatoms. The van der Waals surface area contributed by atoms with Gasteiger partial charge in [0.1, 0.15) is 0 Å². The first-order chi connectivity index (χ1) is 9.19. The van der Waals surface area contributed by atoms with E-state index in [2.05, 4.69) is 0 Å². The Labute approximate surface area is 118 Å². The normalized spacial score (nSPS) is 20.9. The molecule has 0 aliphatic carbocycles. The van der Waals surface area contributed by atoms with E-state index in [9.17, 15) is 5.11 Å². The number of aliphatic hydroxyl groups excluding tert-OH is 1. The van der Waals surface area contributed by atoms with Crippen molar-refractivity contribution >= 4 is 11.6 Å². The second kappa shape index (κ2) is 6.46. The van der Waals surface area contributed by atoms with Crippen LogP contribution in [0.3, 0.4) is 0 Å². The average molecular weight is 287 g/mol. The molecule has 1 fully saturated rings. The van der Waals surface area contributed by atoms with Gasteiger partial charge in [0.2, 0.25) is 0 Å². The number of rotatable bonds is 4. The lowest BCUT2D eigenvalue weighted by Gasteiger charge is -2.28. The zero-order chi connectivity index (χ0) is 13.8. The van der Waals surface area contributed by atoms with Gasteiger partial charge >= 0.3 is 0 Å². The third kappa shape index (κ3) is 2.96. The third-order valence-electron chi connectivity index (χ3n) is 3.48. The summed E-state index contributed by atoms with van der Waals surface area (Å²) >= 11 is 6.30. The summed E-state index contributed by atoms with van der Waals surface area (Å²) in [5.74, 6) is 1.09. The Morgan fingerprint density at radius 1 is 1.37 bits per heavy atom. The van der Waals surface area contributed by atoms with Crippen molar-refractivity contribution in [1.29, 1.82) is 0 Å². The molecule has 0 aromatic heterocycles. The van der Waals surface area contributed by atoms with Crippen molar-refractivity contribution in [3.8, 4) is 11.5 Å². The molecule has 1 aromatic carbocycles. The highest BCUT2D eigenvalue weighted by Gasteiger charge is 2.27. The molecule has 0 radical (unpaired) electrons. The molecule has 19 heavy (non-hydrogen) atoms. The molecule has 1 saturated heterocycles. The number of methoxy groups -OCH3 is 2. The second-order valence-electron chi connectivity index (χ2n) is 4.63. The highest BCUT2D eigenvalue weighted by atomic mass is 35.5. The maximum absolute atomic E-state index is 10.4. The monoisotopic (exact) mass is 286 g/mol. The Bertz CT molecular complexity index is 430. The molecule has 106 valence electrons. The topological polar surface area (TPSA) is 47.9 Å². The zero-order valence-electron chi connectivity index (χ0n) is 11.2. The van der Waals surface area contributed by atoms with Gasteiger partial charge in [0, 0.05) is 18.1 Å². The Morgan fingerprint density at radius 3 is 2.74 bits per heavy atom. The Morgan fingerprint density at radius 2 is 2.16 bits per heavy atom. The lowest BCUT2D eigenvalue weighted by Crippen LogP contribution is -2.24. The number of hydrogen-bond acceptors (Lipinski definition) is 4. The maximum Gasteiger partial charge on any atom is 0.179 e. The van der Waals surface area contributed by atoms with E-state index in [0.29, 0.717) is 28.7 Å². The molecule has 2 atom stereocenters. The van der Waals surface area contributed by atoms with Crippen molar-refractivity contribution in [3.05, 3.63) is 22.7 Å². The fourth-order valence-corrected chi connectivity index (χ4v) is 2.75. The van der Waals surface area contributed by atoms with Crippen molar-refractivity contribution in [2.45, 2.75) is 18.9 Å². The molecule has 1 aliphatic heterocycles. The van der Waals surface area contributed by atoms with E-state index < -0.39 is 6.10 Å². The molecule has 0 bridgehead atoms. The molecule has 2 rings (SSSR count). The van der Waals surface area contributed by atoms with Gasteiger partial charge in [-0.15, -0.1) is 0 Å². The van der Waals surface area contributed by atoms with E-state index >= 15 is 0 Å². The summed E-state index contributed by atoms with van der Waals surface area (Å²) in [6.07, 6.45) is 1.26. The van der Waals surface area contributed by atoms with Gasteiger partial charge in [0.05, 0.1) is 32.0 Å². The van der Waals surface area contributed by atoms with Crippen LogP contribution in [0.2, 0.25) is 5.02 Å². The van der Waals surface area contributed by atoms with Crippen molar-refractivity contribution < 1.29 is 19.3 Å². The fourth-order valence-electron chi connectivity index (χ4n) is 2.40. The molecule has 0 amide bonds. The third-order valence-corrected chi connectivity index (χ3v) is 3.87. The molecule has 1 heterocycles. The molecule has 4 nitrogen and oxygen atoms in total. The van der Waals surface area contributed by atoms with Gasteiger partial charge in [0.25, 0.3) is 0 Å². The van der Waals surface area contributed by atoms with Gasteiger partial charge in [-0.25, -0.2) is 0 Å². The first-order valence-corrected chi connectivity index (χ1v) is 6.73. The highest BCUT2D eigenvalue weighted by molar-refractivity contribution is 6.33. The fraction of sp³-hybridized carbons (Fsp3) is 0.571. The summed E-state index contributed by atoms with van der Waals surface area (Å²) in [6, 6.07) is 3.54. The largest absolute Gasteiger partial charge is 0.493 e. The van der Waals surface area contributed by atoms with Gasteiger partial charge in [-0.3, -0.25) is 0 Å². The number of ether oxygens (including phenoxy) is 3. The minimum Gasteiger partial charge on any atom is -0.493 e. The predicted molar refractivity (Wildman–Crippen MR) is 73.1 cm³/mol. The summed E-state index contributed by atoms with van der Waals surface area (Å²) in [5, 5.41) is 10.9. The van der Waals surface area contributed by atoms with Crippen LogP contribution < -0.4 is 9.47 Å². The SMILES string of the molecule is COc1ccc(C(O)C2CCCOC2)c(Cl)c1OC. The summed E-state index contributed by atoms with van der Waals surface area (Å²) in [5.41, 5.74) is 0.662. The molecule has 1 N–H and O–H groups in total. The van der Waals surface area contributed by atoms with Crippen LogP contribution in [0.4, 0.5) is 0 Å². The lowest BCUT2D eigenvalue weighted by molar-refractivity contribution is -0.01000. The standard InChI is InChI=1S/C14H19ClO4/c1-17-11-6-5-10(12(15)14(11)18-2)13(16)9-4-3-7-19-8-9/h5-6,9,13,16H,3-4,7-8H2,1-2H3. The molecule has 1 aromatic rings.